The van der Waals surface area contributed by atoms with E-state index < -0.39 is 7.92 Å². The molecule has 96 valence electrons. The highest BCUT2D eigenvalue weighted by atomic mass is 31.1. The minimum absolute atomic E-state index is 0.0603. The van der Waals surface area contributed by atoms with E-state index in [9.17, 15) is 0 Å². The van der Waals surface area contributed by atoms with E-state index >= 15 is 0 Å². The van der Waals surface area contributed by atoms with E-state index in [1.807, 2.05) is 13.8 Å². The van der Waals surface area contributed by atoms with Crippen molar-refractivity contribution in [2.75, 3.05) is 6.16 Å². The van der Waals surface area contributed by atoms with Crippen LogP contribution >= 0.6 is 15.5 Å². The van der Waals surface area contributed by atoms with Crippen molar-refractivity contribution in [1.29, 1.82) is 0 Å². The van der Waals surface area contributed by atoms with Gasteiger partial charge in [-0.2, -0.15) is 0 Å². The maximum absolute atomic E-state index is 3.28. The van der Waals surface area contributed by atoms with E-state index in [1.165, 1.54) is 17.3 Å². The first-order valence-electron chi connectivity index (χ1n) is 6.28. The van der Waals surface area contributed by atoms with Crippen LogP contribution in [0, 0.1) is 50.9 Å². The molecule has 18 heavy (non-hydrogen) atoms. The van der Waals surface area contributed by atoms with E-state index in [4.69, 9.17) is 0 Å². The van der Waals surface area contributed by atoms with Crippen molar-refractivity contribution in [3.63, 3.8) is 0 Å². The lowest BCUT2D eigenvalue weighted by Gasteiger charge is -2.07. The molecule has 1 aromatic heterocycles. The molecule has 0 bridgehead atoms. The minimum Gasteiger partial charge on any atom is -0.118 e. The highest BCUT2D eigenvalue weighted by molar-refractivity contribution is 7.68. The molecular weight excluding hydrogens is 254 g/mol. The number of hydrogen-bond donors (Lipinski definition) is 0. The Morgan fingerprint density at radius 1 is 0.889 bits per heavy atom. The average molecular weight is 276 g/mol. The summed E-state index contributed by atoms with van der Waals surface area (Å²) in [5.74, 6) is 6.05. The second-order valence-electron chi connectivity index (χ2n) is 4.45. The third-order valence-corrected chi connectivity index (χ3v) is 8.47. The fourth-order valence-electron chi connectivity index (χ4n) is 2.14. The van der Waals surface area contributed by atoms with Gasteiger partial charge in [0.2, 0.25) is 0 Å². The molecule has 0 radical (unpaired) electrons. The molecule has 0 fully saturated rings. The molecule has 0 aliphatic rings. The lowest BCUT2D eigenvalue weighted by molar-refractivity contribution is 1.32. The standard InChI is InChI=1S/C16H22P2/c1-7-9-17(10-8-2)11-12-18-15(5)13(3)14(4)16(18)6/h11-12H2,1-6H3. The summed E-state index contributed by atoms with van der Waals surface area (Å²) in [7, 11) is -0.455. The Kier molecular flexibility index (Phi) is 6.03. The summed E-state index contributed by atoms with van der Waals surface area (Å²) < 4.78 is 0. The third-order valence-electron chi connectivity index (χ3n) is 3.50. The van der Waals surface area contributed by atoms with Gasteiger partial charge < -0.3 is 0 Å². The van der Waals surface area contributed by atoms with Crippen LogP contribution in [0.2, 0.25) is 0 Å². The van der Waals surface area contributed by atoms with E-state index in [0.29, 0.717) is 0 Å². The van der Waals surface area contributed by atoms with Crippen molar-refractivity contribution in [2.24, 2.45) is 0 Å². The SMILES string of the molecule is CC#CP(C#CC)CCp1c(C)c(C)c(C)c1C. The summed E-state index contributed by atoms with van der Waals surface area (Å²) in [6.07, 6.45) is 2.43. The van der Waals surface area contributed by atoms with Crippen LogP contribution in [0.5, 0.6) is 0 Å². The van der Waals surface area contributed by atoms with Gasteiger partial charge in [0.25, 0.3) is 0 Å². The first-order valence-corrected chi connectivity index (χ1v) is 9.33. The fourth-order valence-corrected chi connectivity index (χ4v) is 6.88. The molecule has 1 rings (SSSR count). The second kappa shape index (κ2) is 7.05. The second-order valence-corrected chi connectivity index (χ2v) is 8.84. The zero-order chi connectivity index (χ0) is 13.7. The molecule has 0 saturated heterocycles. The van der Waals surface area contributed by atoms with E-state index in [0.717, 1.165) is 6.16 Å². The summed E-state index contributed by atoms with van der Waals surface area (Å²) in [4.78, 5) is 0. The van der Waals surface area contributed by atoms with Crippen molar-refractivity contribution in [1.82, 2.24) is 0 Å². The fraction of sp³-hybridized carbons (Fsp3) is 0.500. The topological polar surface area (TPSA) is 0 Å². The predicted molar refractivity (Wildman–Crippen MR) is 86.8 cm³/mol. The van der Waals surface area contributed by atoms with Crippen LogP contribution in [0.4, 0.5) is 0 Å². The Balaban J connectivity index is 2.87. The number of rotatable bonds is 3. The van der Waals surface area contributed by atoms with Crippen LogP contribution in [0.3, 0.4) is 0 Å². The molecule has 0 unspecified atom stereocenters. The predicted octanol–water partition coefficient (Wildman–Crippen LogP) is 5.35. The summed E-state index contributed by atoms with van der Waals surface area (Å²) in [6.45, 7) is 13.0. The Labute approximate surface area is 114 Å². The van der Waals surface area contributed by atoms with E-state index in [2.05, 4.69) is 50.9 Å². The lowest BCUT2D eigenvalue weighted by atomic mass is 10.2. The highest BCUT2D eigenvalue weighted by Crippen LogP contribution is 2.47. The van der Waals surface area contributed by atoms with Crippen LogP contribution in [0.1, 0.15) is 35.6 Å². The summed E-state index contributed by atoms with van der Waals surface area (Å²) in [6, 6.07) is 0. The Hall–Kier alpha value is -0.670. The highest BCUT2D eigenvalue weighted by Gasteiger charge is 2.13. The molecule has 0 aromatic carbocycles. The van der Waals surface area contributed by atoms with Gasteiger partial charge in [0.1, 0.15) is 0 Å². The molecule has 0 aliphatic carbocycles. The molecular formula is C16H22P2. The van der Waals surface area contributed by atoms with Gasteiger partial charge in [-0.3, -0.25) is 0 Å². The Bertz CT molecular complexity index is 496. The maximum Gasteiger partial charge on any atom is 0.0507 e. The van der Waals surface area contributed by atoms with Crippen LogP contribution in [0.15, 0.2) is 0 Å². The minimum atomic E-state index is -0.395. The van der Waals surface area contributed by atoms with Gasteiger partial charge in [-0.05, 0) is 75.6 Å². The van der Waals surface area contributed by atoms with Crippen molar-refractivity contribution in [2.45, 2.75) is 47.7 Å². The zero-order valence-electron chi connectivity index (χ0n) is 12.3. The summed E-state index contributed by atoms with van der Waals surface area (Å²) in [5.41, 5.74) is 9.60. The Morgan fingerprint density at radius 2 is 1.33 bits per heavy atom. The smallest absolute Gasteiger partial charge is 0.0507 e. The molecule has 0 atom stereocenters. The molecule has 0 nitrogen and oxygen atoms in total. The normalized spacial score (nSPS) is 9.72. The van der Waals surface area contributed by atoms with Gasteiger partial charge in [-0.15, -0.1) is 19.4 Å². The van der Waals surface area contributed by atoms with Crippen molar-refractivity contribution < 1.29 is 0 Å². The van der Waals surface area contributed by atoms with Crippen LogP contribution in [-0.4, -0.2) is 6.16 Å². The molecule has 0 saturated carbocycles. The maximum atomic E-state index is 3.28. The van der Waals surface area contributed by atoms with Crippen LogP contribution in [0.25, 0.3) is 0 Å². The average Bonchev–Trinajstić information content (AvgIpc) is 2.53. The summed E-state index contributed by atoms with van der Waals surface area (Å²) in [5, 5.41) is 3.23. The quantitative estimate of drug-likeness (QED) is 0.515. The van der Waals surface area contributed by atoms with Gasteiger partial charge in [0.15, 0.2) is 0 Å². The van der Waals surface area contributed by atoms with Crippen LogP contribution in [-0.2, 0) is 6.16 Å². The van der Waals surface area contributed by atoms with Crippen LogP contribution < -0.4 is 0 Å². The first-order chi connectivity index (χ1) is 8.52. The molecule has 0 aliphatic heterocycles. The zero-order valence-corrected chi connectivity index (χ0v) is 14.1. The third kappa shape index (κ3) is 3.42. The van der Waals surface area contributed by atoms with Gasteiger partial charge in [-0.25, -0.2) is 0 Å². The monoisotopic (exact) mass is 276 g/mol. The molecule has 2 heteroatoms. The molecule has 0 N–H and O–H groups in total. The van der Waals surface area contributed by atoms with E-state index in [1.54, 1.807) is 10.6 Å². The van der Waals surface area contributed by atoms with Crippen molar-refractivity contribution >= 4 is 15.5 Å². The van der Waals surface area contributed by atoms with Crippen molar-refractivity contribution in [3.8, 4) is 23.2 Å². The lowest BCUT2D eigenvalue weighted by Crippen LogP contribution is -1.82. The van der Waals surface area contributed by atoms with Gasteiger partial charge in [0.05, 0.1) is 7.92 Å². The molecule has 0 spiro atoms. The van der Waals surface area contributed by atoms with E-state index in [-0.39, 0.29) is 7.53 Å². The van der Waals surface area contributed by atoms with Gasteiger partial charge in [-0.1, -0.05) is 11.3 Å². The molecule has 0 amide bonds. The number of hydrogen-bond acceptors (Lipinski definition) is 0. The molecule has 1 heterocycles. The molecule has 1 aromatic rings. The van der Waals surface area contributed by atoms with Crippen molar-refractivity contribution in [3.05, 3.63) is 21.7 Å². The van der Waals surface area contributed by atoms with Gasteiger partial charge in [0, 0.05) is 0 Å². The Morgan fingerprint density at radius 3 is 1.72 bits per heavy atom. The largest absolute Gasteiger partial charge is 0.118 e. The first kappa shape index (κ1) is 15.4. The van der Waals surface area contributed by atoms with Gasteiger partial charge >= 0.3 is 0 Å². The summed E-state index contributed by atoms with van der Waals surface area (Å²) >= 11 is 0.